The van der Waals surface area contributed by atoms with E-state index in [2.05, 4.69) is 4.98 Å². The van der Waals surface area contributed by atoms with Gasteiger partial charge in [0.05, 0.1) is 5.56 Å². The minimum absolute atomic E-state index is 0.0314. The molecule has 21 heavy (non-hydrogen) atoms. The summed E-state index contributed by atoms with van der Waals surface area (Å²) in [7, 11) is 0. The molecular weight excluding hydrogens is 262 g/mol. The fourth-order valence-corrected chi connectivity index (χ4v) is 2.28. The first-order valence-electron chi connectivity index (χ1n) is 7.08. The molecule has 0 bridgehead atoms. The Labute approximate surface area is 125 Å². The van der Waals surface area contributed by atoms with Crippen LogP contribution in [-0.4, -0.2) is 16.9 Å². The van der Waals surface area contributed by atoms with Gasteiger partial charge in [-0.25, -0.2) is 0 Å². The number of hydrogen-bond acceptors (Lipinski definition) is 3. The number of aromatic nitrogens is 1. The van der Waals surface area contributed by atoms with Crippen LogP contribution in [0.3, 0.4) is 0 Å². The second-order valence-corrected chi connectivity index (χ2v) is 5.28. The quantitative estimate of drug-likeness (QED) is 0.938. The van der Waals surface area contributed by atoms with Gasteiger partial charge in [-0.05, 0) is 50.6 Å². The van der Waals surface area contributed by atoms with Crippen LogP contribution >= 0.6 is 0 Å². The first-order chi connectivity index (χ1) is 10.0. The van der Waals surface area contributed by atoms with Gasteiger partial charge in [0.15, 0.2) is 0 Å². The molecule has 1 heterocycles. The highest BCUT2D eigenvalue weighted by molar-refractivity contribution is 6.07. The minimum Gasteiger partial charge on any atom is -0.326 e. The van der Waals surface area contributed by atoms with E-state index in [1.807, 2.05) is 51.1 Å². The number of nitrogens with zero attached hydrogens (tertiary/aromatic N) is 2. The van der Waals surface area contributed by atoms with Gasteiger partial charge in [0.1, 0.15) is 0 Å². The van der Waals surface area contributed by atoms with E-state index in [0.717, 1.165) is 16.9 Å². The van der Waals surface area contributed by atoms with E-state index in [4.69, 9.17) is 5.73 Å². The molecule has 4 nitrogen and oxygen atoms in total. The zero-order chi connectivity index (χ0) is 15.4. The van der Waals surface area contributed by atoms with Gasteiger partial charge in [-0.2, -0.15) is 0 Å². The Morgan fingerprint density at radius 1 is 1.24 bits per heavy atom. The van der Waals surface area contributed by atoms with E-state index in [9.17, 15) is 4.79 Å². The van der Waals surface area contributed by atoms with Crippen LogP contribution in [0.4, 0.5) is 5.69 Å². The van der Waals surface area contributed by atoms with Crippen molar-refractivity contribution in [3.05, 3.63) is 59.4 Å². The molecule has 0 aliphatic heterocycles. The third-order valence-corrected chi connectivity index (χ3v) is 3.42. The highest BCUT2D eigenvalue weighted by atomic mass is 16.2. The fraction of sp³-hybridized carbons (Fsp3) is 0.294. The van der Waals surface area contributed by atoms with Crippen LogP contribution in [0.15, 0.2) is 42.6 Å². The summed E-state index contributed by atoms with van der Waals surface area (Å²) < 4.78 is 0. The van der Waals surface area contributed by atoms with Gasteiger partial charge < -0.3 is 10.6 Å². The minimum atomic E-state index is -0.0314. The summed E-state index contributed by atoms with van der Waals surface area (Å²) in [5.74, 6) is -0.0314. The molecule has 1 aromatic heterocycles. The molecule has 110 valence electrons. The lowest BCUT2D eigenvalue weighted by molar-refractivity contribution is 0.0979. The third kappa shape index (κ3) is 3.28. The van der Waals surface area contributed by atoms with Crippen molar-refractivity contribution in [3.8, 4) is 0 Å². The fourth-order valence-electron chi connectivity index (χ4n) is 2.28. The molecule has 0 aliphatic rings. The van der Waals surface area contributed by atoms with Crippen molar-refractivity contribution in [2.45, 2.75) is 33.4 Å². The van der Waals surface area contributed by atoms with Gasteiger partial charge in [0.25, 0.3) is 5.91 Å². The first-order valence-corrected chi connectivity index (χ1v) is 7.08. The summed E-state index contributed by atoms with van der Waals surface area (Å²) in [6.45, 7) is 6.35. The van der Waals surface area contributed by atoms with E-state index in [1.54, 1.807) is 17.2 Å². The SMILES string of the molecule is Cc1ncccc1C(=O)N(c1ccc(CN)cc1)C(C)C. The van der Waals surface area contributed by atoms with Gasteiger partial charge in [0.2, 0.25) is 0 Å². The Bertz CT molecular complexity index is 620. The van der Waals surface area contributed by atoms with Crippen molar-refractivity contribution in [1.82, 2.24) is 4.98 Å². The lowest BCUT2D eigenvalue weighted by Crippen LogP contribution is -2.37. The van der Waals surface area contributed by atoms with Crippen molar-refractivity contribution in [1.29, 1.82) is 0 Å². The topological polar surface area (TPSA) is 59.2 Å². The molecule has 0 unspecified atom stereocenters. The van der Waals surface area contributed by atoms with Gasteiger partial charge in [-0.15, -0.1) is 0 Å². The highest BCUT2D eigenvalue weighted by Crippen LogP contribution is 2.21. The number of carbonyl (C=O) groups excluding carboxylic acids is 1. The zero-order valence-electron chi connectivity index (χ0n) is 12.7. The van der Waals surface area contributed by atoms with Gasteiger partial charge in [0, 0.05) is 30.2 Å². The van der Waals surface area contributed by atoms with E-state index >= 15 is 0 Å². The number of benzene rings is 1. The molecule has 0 fully saturated rings. The molecule has 0 radical (unpaired) electrons. The summed E-state index contributed by atoms with van der Waals surface area (Å²) in [6, 6.07) is 11.4. The van der Waals surface area contributed by atoms with Crippen molar-refractivity contribution in [3.63, 3.8) is 0 Å². The Balaban J connectivity index is 2.39. The summed E-state index contributed by atoms with van der Waals surface area (Å²) in [4.78, 5) is 18.8. The van der Waals surface area contributed by atoms with Crippen LogP contribution < -0.4 is 10.6 Å². The van der Waals surface area contributed by atoms with Crippen LogP contribution in [-0.2, 0) is 6.54 Å². The number of nitrogens with two attached hydrogens (primary N) is 1. The third-order valence-electron chi connectivity index (χ3n) is 3.42. The highest BCUT2D eigenvalue weighted by Gasteiger charge is 2.22. The molecular formula is C17H21N3O. The number of anilines is 1. The van der Waals surface area contributed by atoms with E-state index < -0.39 is 0 Å². The molecule has 2 rings (SSSR count). The van der Waals surface area contributed by atoms with Gasteiger partial charge >= 0.3 is 0 Å². The number of pyridine rings is 1. The van der Waals surface area contributed by atoms with Gasteiger partial charge in [-0.1, -0.05) is 12.1 Å². The normalized spacial score (nSPS) is 10.7. The molecule has 4 heteroatoms. The van der Waals surface area contributed by atoms with Crippen LogP contribution in [0.1, 0.15) is 35.5 Å². The van der Waals surface area contributed by atoms with E-state index in [-0.39, 0.29) is 11.9 Å². The maximum atomic E-state index is 12.8. The number of aryl methyl sites for hydroxylation is 1. The van der Waals surface area contributed by atoms with Crippen LogP contribution in [0.5, 0.6) is 0 Å². The number of amides is 1. The standard InChI is InChI=1S/C17H21N3O/c1-12(2)20(15-8-6-14(11-18)7-9-15)17(21)16-5-4-10-19-13(16)3/h4-10,12H,11,18H2,1-3H3. The predicted molar refractivity (Wildman–Crippen MR) is 85.3 cm³/mol. The van der Waals surface area contributed by atoms with Crippen molar-refractivity contribution >= 4 is 11.6 Å². The van der Waals surface area contributed by atoms with Gasteiger partial charge in [-0.3, -0.25) is 9.78 Å². The molecule has 0 aliphatic carbocycles. The van der Waals surface area contributed by atoms with E-state index in [1.165, 1.54) is 0 Å². The van der Waals surface area contributed by atoms with Crippen LogP contribution in [0.2, 0.25) is 0 Å². The largest absolute Gasteiger partial charge is 0.326 e. The first kappa shape index (κ1) is 15.2. The Hall–Kier alpha value is -2.20. The summed E-state index contributed by atoms with van der Waals surface area (Å²) in [5, 5.41) is 0. The van der Waals surface area contributed by atoms with Crippen molar-refractivity contribution < 1.29 is 4.79 Å². The number of carbonyl (C=O) groups is 1. The maximum Gasteiger partial charge on any atom is 0.260 e. The van der Waals surface area contributed by atoms with Crippen molar-refractivity contribution in [2.75, 3.05) is 4.90 Å². The molecule has 1 amide bonds. The number of rotatable bonds is 4. The molecule has 0 atom stereocenters. The summed E-state index contributed by atoms with van der Waals surface area (Å²) in [6.07, 6.45) is 1.70. The zero-order valence-corrected chi connectivity index (χ0v) is 12.7. The van der Waals surface area contributed by atoms with Crippen LogP contribution in [0, 0.1) is 6.92 Å². The van der Waals surface area contributed by atoms with Crippen LogP contribution in [0.25, 0.3) is 0 Å². The lowest BCUT2D eigenvalue weighted by atomic mass is 10.1. The summed E-state index contributed by atoms with van der Waals surface area (Å²) >= 11 is 0. The Morgan fingerprint density at radius 2 is 1.90 bits per heavy atom. The molecule has 2 N–H and O–H groups in total. The summed E-state index contributed by atoms with van der Waals surface area (Å²) in [5.41, 5.74) is 8.91. The second kappa shape index (κ2) is 6.50. The molecule has 0 saturated heterocycles. The lowest BCUT2D eigenvalue weighted by Gasteiger charge is -2.27. The Kier molecular flexibility index (Phi) is 4.70. The predicted octanol–water partition coefficient (Wildman–Crippen LogP) is 2.90. The second-order valence-electron chi connectivity index (χ2n) is 5.28. The average Bonchev–Trinajstić information content (AvgIpc) is 2.48. The maximum absolute atomic E-state index is 12.8. The van der Waals surface area contributed by atoms with Crippen molar-refractivity contribution in [2.24, 2.45) is 5.73 Å². The molecule has 1 aromatic carbocycles. The smallest absolute Gasteiger partial charge is 0.260 e. The number of hydrogen-bond donors (Lipinski definition) is 1. The molecule has 0 spiro atoms. The molecule has 2 aromatic rings. The Morgan fingerprint density at radius 3 is 2.43 bits per heavy atom. The average molecular weight is 283 g/mol. The monoisotopic (exact) mass is 283 g/mol. The van der Waals surface area contributed by atoms with E-state index in [0.29, 0.717) is 12.1 Å². The molecule has 0 saturated carbocycles.